The number of benzene rings is 2. The highest BCUT2D eigenvalue weighted by Crippen LogP contribution is 2.43. The largest absolute Gasteiger partial charge is 0.458 e. The van der Waals surface area contributed by atoms with Crippen LogP contribution in [0.25, 0.3) is 0 Å². The van der Waals surface area contributed by atoms with Crippen LogP contribution in [-0.4, -0.2) is 51.7 Å². The third-order valence-corrected chi connectivity index (χ3v) is 10.1. The van der Waals surface area contributed by atoms with Crippen molar-refractivity contribution in [1.29, 1.82) is 0 Å². The zero-order valence-electron chi connectivity index (χ0n) is 29.4. The summed E-state index contributed by atoms with van der Waals surface area (Å²) in [4.78, 5) is 57.2. The van der Waals surface area contributed by atoms with E-state index in [1.807, 2.05) is 58.0 Å². The maximum Gasteiger partial charge on any atom is 0.336 e. The second kappa shape index (κ2) is 15.8. The van der Waals surface area contributed by atoms with Gasteiger partial charge in [0.2, 0.25) is 0 Å². The highest BCUT2D eigenvalue weighted by atomic mass is 33.1. The Labute approximate surface area is 283 Å². The molecule has 3 atom stereocenters. The summed E-state index contributed by atoms with van der Waals surface area (Å²) in [5.74, 6) is -2.96. The average Bonchev–Trinajstić information content (AvgIpc) is 2.91. The number of hydrogen-bond donors (Lipinski definition) is 2. The van der Waals surface area contributed by atoms with Crippen molar-refractivity contribution in [2.24, 2.45) is 17.6 Å². The standard InChI is InChI=1S/C36H52N2O6S2/c1-21(2)20-26(32(41)43-34(7,8)9)38-31(40)28-24(6)19-18-23(5)27(28)29(39)36(37,33(42)44-35(10,11)12)30(22(3)4)46-45-25-16-14-13-15-17-25/h13-19,21-22,26,30H,20,37H2,1-12H3,(H,38,40). The van der Waals surface area contributed by atoms with Crippen LogP contribution >= 0.6 is 21.6 Å². The van der Waals surface area contributed by atoms with Crippen LogP contribution in [0.5, 0.6) is 0 Å². The molecule has 0 heterocycles. The van der Waals surface area contributed by atoms with Crippen LogP contribution in [0.15, 0.2) is 47.4 Å². The van der Waals surface area contributed by atoms with Gasteiger partial charge in [0.15, 0.2) is 11.3 Å². The molecule has 2 aromatic carbocycles. The Morgan fingerprint density at radius 3 is 1.80 bits per heavy atom. The van der Waals surface area contributed by atoms with Gasteiger partial charge in [-0.15, -0.1) is 0 Å². The molecule has 0 aliphatic heterocycles. The van der Waals surface area contributed by atoms with Crippen molar-refractivity contribution in [3.63, 3.8) is 0 Å². The molecule has 3 N–H and O–H groups in total. The van der Waals surface area contributed by atoms with Crippen molar-refractivity contribution in [2.45, 2.75) is 122 Å². The summed E-state index contributed by atoms with van der Waals surface area (Å²) in [5.41, 5.74) is 4.24. The number of amides is 1. The van der Waals surface area contributed by atoms with Gasteiger partial charge in [0, 0.05) is 10.5 Å². The fourth-order valence-electron chi connectivity index (χ4n) is 4.89. The molecule has 0 aliphatic carbocycles. The lowest BCUT2D eigenvalue weighted by atomic mass is 9.78. The predicted molar refractivity (Wildman–Crippen MR) is 188 cm³/mol. The molecule has 8 nitrogen and oxygen atoms in total. The second-order valence-corrected chi connectivity index (χ2v) is 16.9. The first-order chi connectivity index (χ1) is 21.1. The minimum Gasteiger partial charge on any atom is -0.458 e. The van der Waals surface area contributed by atoms with Crippen molar-refractivity contribution < 1.29 is 28.7 Å². The molecule has 1 amide bonds. The third-order valence-electron chi connectivity index (χ3n) is 6.94. The molecule has 0 radical (unpaired) electrons. The number of nitrogens with one attached hydrogen (secondary N) is 1. The predicted octanol–water partition coefficient (Wildman–Crippen LogP) is 7.48. The van der Waals surface area contributed by atoms with Crippen molar-refractivity contribution in [2.75, 3.05) is 0 Å². The van der Waals surface area contributed by atoms with Gasteiger partial charge in [-0.3, -0.25) is 9.59 Å². The number of carbonyl (C=O) groups excluding carboxylic acids is 4. The number of carbonyl (C=O) groups is 4. The number of ether oxygens (including phenoxy) is 2. The summed E-state index contributed by atoms with van der Waals surface area (Å²) >= 11 is 0. The molecular formula is C36H52N2O6S2. The molecule has 0 aromatic heterocycles. The van der Waals surface area contributed by atoms with Crippen LogP contribution in [0.4, 0.5) is 0 Å². The van der Waals surface area contributed by atoms with E-state index in [1.165, 1.54) is 21.6 Å². The maximum absolute atomic E-state index is 14.9. The van der Waals surface area contributed by atoms with Crippen molar-refractivity contribution in [3.05, 3.63) is 64.7 Å². The van der Waals surface area contributed by atoms with Gasteiger partial charge < -0.3 is 20.5 Å². The molecule has 0 spiro atoms. The first-order valence-corrected chi connectivity index (χ1v) is 17.9. The smallest absolute Gasteiger partial charge is 0.336 e. The van der Waals surface area contributed by atoms with E-state index in [9.17, 15) is 19.2 Å². The van der Waals surface area contributed by atoms with Crippen LogP contribution in [-0.2, 0) is 19.1 Å². The molecule has 254 valence electrons. The van der Waals surface area contributed by atoms with Gasteiger partial charge in [-0.05, 0) is 96.9 Å². The van der Waals surface area contributed by atoms with Gasteiger partial charge in [0.05, 0.1) is 10.8 Å². The van der Waals surface area contributed by atoms with E-state index in [0.717, 1.165) is 4.90 Å². The van der Waals surface area contributed by atoms with Crippen LogP contribution in [0.1, 0.15) is 108 Å². The number of esters is 2. The molecule has 0 saturated carbocycles. The molecule has 0 bridgehead atoms. The molecule has 0 aliphatic rings. The lowest BCUT2D eigenvalue weighted by Crippen LogP contribution is -2.65. The summed E-state index contributed by atoms with van der Waals surface area (Å²) in [6.07, 6.45) is 0.330. The van der Waals surface area contributed by atoms with Crippen LogP contribution in [0.2, 0.25) is 0 Å². The van der Waals surface area contributed by atoms with E-state index in [2.05, 4.69) is 5.32 Å². The van der Waals surface area contributed by atoms with Gasteiger partial charge in [-0.2, -0.15) is 0 Å². The molecule has 46 heavy (non-hydrogen) atoms. The number of Topliss-reactive ketones (excluding diaryl/α,β-unsaturated/α-hetero) is 1. The highest BCUT2D eigenvalue weighted by molar-refractivity contribution is 8.77. The van der Waals surface area contributed by atoms with Gasteiger partial charge in [0.25, 0.3) is 5.91 Å². The van der Waals surface area contributed by atoms with Crippen LogP contribution in [0, 0.1) is 25.7 Å². The summed E-state index contributed by atoms with van der Waals surface area (Å²) in [6.45, 7) is 21.5. The lowest BCUT2D eigenvalue weighted by molar-refractivity contribution is -0.160. The van der Waals surface area contributed by atoms with Crippen LogP contribution in [0.3, 0.4) is 0 Å². The fourth-order valence-corrected chi connectivity index (χ4v) is 8.05. The third kappa shape index (κ3) is 10.6. The quantitative estimate of drug-likeness (QED) is 0.0965. The van der Waals surface area contributed by atoms with Gasteiger partial charge in [-0.1, -0.05) is 79.6 Å². The number of ketones is 1. The SMILES string of the molecule is Cc1ccc(C)c(C(=O)C(N)(C(=O)OC(C)(C)C)C(SSc2ccccc2)C(C)C)c1C(=O)NC(CC(C)C)C(=O)OC(C)(C)C. The first-order valence-electron chi connectivity index (χ1n) is 15.7. The highest BCUT2D eigenvalue weighted by Gasteiger charge is 2.54. The van der Waals surface area contributed by atoms with Crippen LogP contribution < -0.4 is 11.1 Å². The number of hydrogen-bond acceptors (Lipinski definition) is 9. The van der Waals surface area contributed by atoms with E-state index in [-0.39, 0.29) is 23.0 Å². The van der Waals surface area contributed by atoms with Crippen molar-refractivity contribution in [3.8, 4) is 0 Å². The van der Waals surface area contributed by atoms with E-state index in [4.69, 9.17) is 15.2 Å². The Kier molecular flexibility index (Phi) is 13.6. The number of nitrogens with two attached hydrogens (primary N) is 1. The van der Waals surface area contributed by atoms with E-state index < -0.39 is 51.7 Å². The van der Waals surface area contributed by atoms with Gasteiger partial charge in [0.1, 0.15) is 17.2 Å². The van der Waals surface area contributed by atoms with E-state index in [0.29, 0.717) is 17.5 Å². The normalized spacial score (nSPS) is 14.8. The maximum atomic E-state index is 14.9. The topological polar surface area (TPSA) is 125 Å². The molecule has 0 saturated heterocycles. The fraction of sp³-hybridized carbons (Fsp3) is 0.556. The monoisotopic (exact) mass is 672 g/mol. The Balaban J connectivity index is 2.72. The molecule has 0 fully saturated rings. The zero-order valence-corrected chi connectivity index (χ0v) is 31.0. The summed E-state index contributed by atoms with van der Waals surface area (Å²) in [5, 5.41) is 2.09. The Bertz CT molecular complexity index is 1400. The molecule has 3 unspecified atom stereocenters. The number of rotatable bonds is 13. The summed E-state index contributed by atoms with van der Waals surface area (Å²) < 4.78 is 11.4. The van der Waals surface area contributed by atoms with Gasteiger partial charge >= 0.3 is 11.9 Å². The average molecular weight is 673 g/mol. The second-order valence-electron chi connectivity index (χ2n) is 14.5. The Morgan fingerprint density at radius 1 is 0.804 bits per heavy atom. The summed E-state index contributed by atoms with van der Waals surface area (Å²) in [7, 11) is 2.74. The number of aryl methyl sites for hydroxylation is 2. The minimum absolute atomic E-state index is 0.0225. The first kappa shape index (κ1) is 39.4. The minimum atomic E-state index is -2.16. The van der Waals surface area contributed by atoms with Gasteiger partial charge in [-0.25, -0.2) is 9.59 Å². The molecule has 2 rings (SSSR count). The lowest BCUT2D eigenvalue weighted by Gasteiger charge is -2.38. The Morgan fingerprint density at radius 2 is 1.33 bits per heavy atom. The Hall–Kier alpha value is -2.82. The molecule has 2 aromatic rings. The van der Waals surface area contributed by atoms with E-state index in [1.54, 1.807) is 67.5 Å². The summed E-state index contributed by atoms with van der Waals surface area (Å²) in [6, 6.07) is 12.1. The molecular weight excluding hydrogens is 621 g/mol. The van der Waals surface area contributed by atoms with Crippen molar-refractivity contribution in [1.82, 2.24) is 5.32 Å². The molecule has 10 heteroatoms. The van der Waals surface area contributed by atoms with E-state index >= 15 is 0 Å². The zero-order chi connectivity index (χ0) is 35.2. The van der Waals surface area contributed by atoms with Crippen molar-refractivity contribution >= 4 is 45.2 Å².